The molecule has 0 saturated carbocycles. The van der Waals surface area contributed by atoms with Crippen LogP contribution in [-0.4, -0.2) is 31.9 Å². The minimum absolute atomic E-state index is 0.0967. The SMILES string of the molecule is O=C(c1cn(Cc2ccncc2Cl)nn1)C(F)(F)F. The Morgan fingerprint density at radius 1 is 1.42 bits per heavy atom. The van der Waals surface area contributed by atoms with Crippen LogP contribution >= 0.6 is 11.6 Å². The van der Waals surface area contributed by atoms with Crippen LogP contribution in [-0.2, 0) is 6.54 Å². The number of carbonyl (C=O) groups is 1. The average molecular weight is 291 g/mol. The molecular formula is C10H6ClF3N4O. The van der Waals surface area contributed by atoms with Crippen molar-refractivity contribution >= 4 is 17.4 Å². The quantitative estimate of drug-likeness (QED) is 0.812. The number of Topliss-reactive ketones (excluding diaryl/α,β-unsaturated/α-hetero) is 1. The van der Waals surface area contributed by atoms with Crippen molar-refractivity contribution in [3.05, 3.63) is 40.9 Å². The molecule has 0 aromatic carbocycles. The van der Waals surface area contributed by atoms with Gasteiger partial charge >= 0.3 is 6.18 Å². The standard InChI is InChI=1S/C10H6ClF3N4O/c11-7-3-15-2-1-6(7)4-18-5-8(16-17-18)9(19)10(12,13)14/h1-3,5H,4H2. The smallest absolute Gasteiger partial charge is 0.282 e. The molecule has 0 fully saturated rings. The van der Waals surface area contributed by atoms with Gasteiger partial charge in [0.1, 0.15) is 0 Å². The number of aromatic nitrogens is 4. The molecule has 2 rings (SSSR count). The second-order valence-electron chi connectivity index (χ2n) is 3.60. The lowest BCUT2D eigenvalue weighted by atomic mass is 10.2. The van der Waals surface area contributed by atoms with Crippen LogP contribution < -0.4 is 0 Å². The van der Waals surface area contributed by atoms with Crippen molar-refractivity contribution < 1.29 is 18.0 Å². The summed E-state index contributed by atoms with van der Waals surface area (Å²) in [7, 11) is 0. The summed E-state index contributed by atoms with van der Waals surface area (Å²) >= 11 is 5.85. The molecule has 0 aliphatic heterocycles. The van der Waals surface area contributed by atoms with Crippen molar-refractivity contribution in [2.45, 2.75) is 12.7 Å². The van der Waals surface area contributed by atoms with E-state index in [4.69, 9.17) is 11.6 Å². The summed E-state index contributed by atoms with van der Waals surface area (Å²) in [4.78, 5) is 14.7. The molecule has 0 amide bonds. The predicted octanol–water partition coefficient (Wildman–Crippen LogP) is 2.12. The number of hydrogen-bond donors (Lipinski definition) is 0. The van der Waals surface area contributed by atoms with Crippen LogP contribution in [0.25, 0.3) is 0 Å². The van der Waals surface area contributed by atoms with E-state index in [0.29, 0.717) is 10.6 Å². The summed E-state index contributed by atoms with van der Waals surface area (Å²) in [5.41, 5.74) is -0.148. The van der Waals surface area contributed by atoms with Gasteiger partial charge in [0.15, 0.2) is 5.69 Å². The molecule has 2 aromatic rings. The summed E-state index contributed by atoms with van der Waals surface area (Å²) in [5.74, 6) is -2.03. The predicted molar refractivity (Wildman–Crippen MR) is 58.8 cm³/mol. The number of hydrogen-bond acceptors (Lipinski definition) is 4. The first-order valence-electron chi connectivity index (χ1n) is 4.98. The number of halogens is 4. The molecule has 2 aromatic heterocycles. The minimum atomic E-state index is -4.96. The summed E-state index contributed by atoms with van der Waals surface area (Å²) in [6, 6.07) is 1.59. The maximum absolute atomic E-state index is 12.2. The Morgan fingerprint density at radius 2 is 2.16 bits per heavy atom. The average Bonchev–Trinajstić information content (AvgIpc) is 2.78. The van der Waals surface area contributed by atoms with Crippen LogP contribution in [0.1, 0.15) is 16.1 Å². The molecule has 0 N–H and O–H groups in total. The number of ketones is 1. The fraction of sp³-hybridized carbons (Fsp3) is 0.200. The Bertz CT molecular complexity index is 611. The number of pyridine rings is 1. The zero-order valence-electron chi connectivity index (χ0n) is 9.23. The van der Waals surface area contributed by atoms with E-state index in [1.165, 1.54) is 12.4 Å². The maximum atomic E-state index is 12.2. The van der Waals surface area contributed by atoms with Crippen LogP contribution in [0.4, 0.5) is 13.2 Å². The highest BCUT2D eigenvalue weighted by atomic mass is 35.5. The highest BCUT2D eigenvalue weighted by Gasteiger charge is 2.41. The Balaban J connectivity index is 2.19. The van der Waals surface area contributed by atoms with Gasteiger partial charge in [0.25, 0.3) is 5.78 Å². The number of rotatable bonds is 3. The molecule has 0 bridgehead atoms. The summed E-state index contributed by atoms with van der Waals surface area (Å²) in [5, 5.41) is 7.00. The molecule has 0 atom stereocenters. The van der Waals surface area contributed by atoms with Gasteiger partial charge in [-0.3, -0.25) is 9.78 Å². The van der Waals surface area contributed by atoms with Crippen molar-refractivity contribution in [2.75, 3.05) is 0 Å². The Hall–Kier alpha value is -1.96. The second kappa shape index (κ2) is 4.96. The van der Waals surface area contributed by atoms with E-state index >= 15 is 0 Å². The monoisotopic (exact) mass is 290 g/mol. The molecule has 0 aliphatic rings. The topological polar surface area (TPSA) is 60.7 Å². The van der Waals surface area contributed by atoms with Crippen LogP contribution in [0.5, 0.6) is 0 Å². The van der Waals surface area contributed by atoms with Gasteiger partial charge in [-0.25, -0.2) is 4.68 Å². The fourth-order valence-electron chi connectivity index (χ4n) is 1.33. The van der Waals surface area contributed by atoms with Crippen molar-refractivity contribution in [2.24, 2.45) is 0 Å². The van der Waals surface area contributed by atoms with Crippen molar-refractivity contribution in [1.29, 1.82) is 0 Å². The number of alkyl halides is 3. The number of nitrogens with zero attached hydrogens (tertiary/aromatic N) is 4. The molecule has 0 saturated heterocycles. The molecule has 19 heavy (non-hydrogen) atoms. The summed E-state index contributed by atoms with van der Waals surface area (Å²) < 4.78 is 37.6. The zero-order valence-corrected chi connectivity index (χ0v) is 9.98. The van der Waals surface area contributed by atoms with Crippen LogP contribution in [0.2, 0.25) is 5.02 Å². The Labute approximate surface area is 110 Å². The van der Waals surface area contributed by atoms with Gasteiger partial charge in [-0.2, -0.15) is 13.2 Å². The third kappa shape index (κ3) is 3.08. The van der Waals surface area contributed by atoms with Gasteiger partial charge in [0.2, 0.25) is 0 Å². The van der Waals surface area contributed by atoms with E-state index in [9.17, 15) is 18.0 Å². The minimum Gasteiger partial charge on any atom is -0.282 e. The summed E-state index contributed by atoms with van der Waals surface area (Å²) in [6.45, 7) is 0.0967. The van der Waals surface area contributed by atoms with E-state index in [1.807, 2.05) is 0 Å². The molecule has 0 unspecified atom stereocenters. The van der Waals surface area contributed by atoms with Gasteiger partial charge in [-0.1, -0.05) is 16.8 Å². The molecule has 0 radical (unpaired) electrons. The van der Waals surface area contributed by atoms with Gasteiger partial charge < -0.3 is 0 Å². The molecule has 5 nitrogen and oxygen atoms in total. The molecule has 0 aliphatic carbocycles. The second-order valence-corrected chi connectivity index (χ2v) is 4.00. The first-order chi connectivity index (χ1) is 8.88. The molecular weight excluding hydrogens is 285 g/mol. The van der Waals surface area contributed by atoms with E-state index in [2.05, 4.69) is 15.3 Å². The first kappa shape index (κ1) is 13.5. The number of carbonyl (C=O) groups excluding carboxylic acids is 1. The lowest BCUT2D eigenvalue weighted by Gasteiger charge is -2.02. The highest BCUT2D eigenvalue weighted by Crippen LogP contribution is 2.20. The Morgan fingerprint density at radius 3 is 2.79 bits per heavy atom. The third-order valence-corrected chi connectivity index (χ3v) is 2.56. The normalized spacial score (nSPS) is 11.6. The van der Waals surface area contributed by atoms with E-state index in [0.717, 1.165) is 10.9 Å². The highest BCUT2D eigenvalue weighted by molar-refractivity contribution is 6.31. The van der Waals surface area contributed by atoms with E-state index < -0.39 is 17.7 Å². The van der Waals surface area contributed by atoms with Gasteiger partial charge in [0.05, 0.1) is 17.8 Å². The third-order valence-electron chi connectivity index (χ3n) is 2.22. The van der Waals surface area contributed by atoms with E-state index in [-0.39, 0.29) is 6.54 Å². The van der Waals surface area contributed by atoms with Crippen molar-refractivity contribution in [3.8, 4) is 0 Å². The molecule has 0 spiro atoms. The zero-order chi connectivity index (χ0) is 14.0. The van der Waals surface area contributed by atoms with Crippen LogP contribution in [0, 0.1) is 0 Å². The maximum Gasteiger partial charge on any atom is 0.456 e. The molecule has 100 valence electrons. The van der Waals surface area contributed by atoms with Crippen LogP contribution in [0.15, 0.2) is 24.7 Å². The van der Waals surface area contributed by atoms with Gasteiger partial charge in [-0.05, 0) is 11.6 Å². The van der Waals surface area contributed by atoms with Crippen molar-refractivity contribution in [1.82, 2.24) is 20.0 Å². The fourth-order valence-corrected chi connectivity index (χ4v) is 1.51. The largest absolute Gasteiger partial charge is 0.456 e. The van der Waals surface area contributed by atoms with Gasteiger partial charge in [-0.15, -0.1) is 5.10 Å². The first-order valence-corrected chi connectivity index (χ1v) is 5.36. The Kier molecular flexibility index (Phi) is 3.52. The van der Waals surface area contributed by atoms with Crippen molar-refractivity contribution in [3.63, 3.8) is 0 Å². The van der Waals surface area contributed by atoms with Crippen LogP contribution in [0.3, 0.4) is 0 Å². The molecule has 9 heteroatoms. The van der Waals surface area contributed by atoms with Gasteiger partial charge in [0, 0.05) is 12.4 Å². The lowest BCUT2D eigenvalue weighted by molar-refractivity contribution is -0.0888. The lowest BCUT2D eigenvalue weighted by Crippen LogP contribution is -2.23. The van der Waals surface area contributed by atoms with E-state index in [1.54, 1.807) is 6.07 Å². The molecule has 2 heterocycles. The summed E-state index contributed by atoms with van der Waals surface area (Å²) in [6.07, 6.45) is -1.16.